The van der Waals surface area contributed by atoms with Gasteiger partial charge in [0.1, 0.15) is 12.4 Å². The number of aryl methyl sites for hydroxylation is 1. The van der Waals surface area contributed by atoms with Crippen LogP contribution in [0.25, 0.3) is 0 Å². The number of benzene rings is 2. The van der Waals surface area contributed by atoms with E-state index in [1.165, 1.54) is 12.1 Å². The molecule has 0 radical (unpaired) electrons. The number of hydrogen-bond acceptors (Lipinski definition) is 2. The molecule has 0 saturated heterocycles. The highest BCUT2D eigenvalue weighted by Gasteiger charge is 2.33. The molecule has 0 heterocycles. The zero-order valence-corrected chi connectivity index (χ0v) is 12.8. The molecule has 2 nitrogen and oxygen atoms in total. The molecule has 21 heavy (non-hydrogen) atoms. The van der Waals surface area contributed by atoms with Gasteiger partial charge in [-0.1, -0.05) is 12.1 Å². The summed E-state index contributed by atoms with van der Waals surface area (Å²) in [4.78, 5) is 0. The lowest BCUT2D eigenvalue weighted by atomic mass is 10.1. The number of hydrogen-bond donors (Lipinski definition) is 1. The summed E-state index contributed by atoms with van der Waals surface area (Å²) < 4.78 is 45.1. The highest BCUT2D eigenvalue weighted by atomic mass is 79.9. The first-order valence-corrected chi connectivity index (χ1v) is 6.91. The lowest BCUT2D eigenvalue weighted by molar-refractivity contribution is -0.138. The van der Waals surface area contributed by atoms with Crippen LogP contribution < -0.4 is 10.5 Å². The van der Waals surface area contributed by atoms with Crippen LogP contribution in [0.4, 0.5) is 18.9 Å². The van der Waals surface area contributed by atoms with Gasteiger partial charge in [0.2, 0.25) is 0 Å². The summed E-state index contributed by atoms with van der Waals surface area (Å²) in [6.45, 7) is 1.73. The number of rotatable bonds is 3. The topological polar surface area (TPSA) is 35.2 Å². The van der Waals surface area contributed by atoms with Gasteiger partial charge in [0.15, 0.2) is 0 Å². The molecule has 0 aromatic heterocycles. The molecular weight excluding hydrogens is 347 g/mol. The Morgan fingerprint density at radius 2 is 1.86 bits per heavy atom. The summed E-state index contributed by atoms with van der Waals surface area (Å²) in [6, 6.07) is 9.06. The first-order chi connectivity index (χ1) is 9.77. The minimum atomic E-state index is -4.46. The van der Waals surface area contributed by atoms with E-state index in [1.807, 2.05) is 19.1 Å². The van der Waals surface area contributed by atoms with Gasteiger partial charge in [-0.3, -0.25) is 0 Å². The van der Waals surface area contributed by atoms with E-state index in [0.29, 0.717) is 10.2 Å². The summed E-state index contributed by atoms with van der Waals surface area (Å²) in [5.74, 6) is 0.491. The Morgan fingerprint density at radius 1 is 1.14 bits per heavy atom. The number of alkyl halides is 3. The lowest BCUT2D eigenvalue weighted by Crippen LogP contribution is -2.11. The van der Waals surface area contributed by atoms with Gasteiger partial charge in [-0.15, -0.1) is 0 Å². The van der Waals surface area contributed by atoms with Crippen LogP contribution in [-0.2, 0) is 12.8 Å². The van der Waals surface area contributed by atoms with E-state index in [1.54, 1.807) is 6.07 Å². The largest absolute Gasteiger partial charge is 0.488 e. The van der Waals surface area contributed by atoms with E-state index < -0.39 is 11.7 Å². The maximum atomic E-state index is 13.0. The number of nitrogen functional groups attached to an aromatic ring is 1. The Morgan fingerprint density at radius 3 is 2.48 bits per heavy atom. The molecule has 2 rings (SSSR count). The molecule has 112 valence electrons. The van der Waals surface area contributed by atoms with Gasteiger partial charge >= 0.3 is 6.18 Å². The summed E-state index contributed by atoms with van der Waals surface area (Å²) in [5.41, 5.74) is 5.79. The molecule has 6 heteroatoms. The highest BCUT2D eigenvalue weighted by Crippen LogP contribution is 2.34. The fourth-order valence-electron chi connectivity index (χ4n) is 1.86. The fraction of sp³-hybridized carbons (Fsp3) is 0.200. The van der Waals surface area contributed by atoms with Crippen LogP contribution in [0, 0.1) is 6.92 Å². The number of nitrogens with two attached hydrogens (primary N) is 1. The Kier molecular flexibility index (Phi) is 4.46. The van der Waals surface area contributed by atoms with Crippen LogP contribution in [0.2, 0.25) is 0 Å². The molecule has 0 fully saturated rings. The molecule has 0 aliphatic heterocycles. The van der Waals surface area contributed by atoms with Crippen molar-refractivity contribution in [2.75, 3.05) is 5.73 Å². The van der Waals surface area contributed by atoms with E-state index in [9.17, 15) is 13.2 Å². The van der Waals surface area contributed by atoms with Crippen molar-refractivity contribution in [2.45, 2.75) is 19.7 Å². The van der Waals surface area contributed by atoms with Gasteiger partial charge in [0.05, 0.1) is 10.0 Å². The van der Waals surface area contributed by atoms with Crippen LogP contribution in [0.3, 0.4) is 0 Å². The molecule has 2 aromatic carbocycles. The Bertz CT molecular complexity index is 656. The summed E-state index contributed by atoms with van der Waals surface area (Å²) in [5, 5.41) is 0. The minimum absolute atomic E-state index is 0.0455. The highest BCUT2D eigenvalue weighted by molar-refractivity contribution is 9.10. The Balaban J connectivity index is 2.24. The molecule has 0 saturated carbocycles. The van der Waals surface area contributed by atoms with Crippen LogP contribution >= 0.6 is 15.9 Å². The first-order valence-electron chi connectivity index (χ1n) is 6.12. The second kappa shape index (κ2) is 5.97. The third-order valence-electron chi connectivity index (χ3n) is 2.91. The van der Waals surface area contributed by atoms with Crippen LogP contribution in [0.15, 0.2) is 40.9 Å². The molecule has 0 aliphatic rings. The van der Waals surface area contributed by atoms with Crippen LogP contribution in [-0.4, -0.2) is 0 Å². The molecule has 0 spiro atoms. The van der Waals surface area contributed by atoms with Crippen molar-refractivity contribution in [1.82, 2.24) is 0 Å². The zero-order chi connectivity index (χ0) is 15.6. The monoisotopic (exact) mass is 359 g/mol. The quantitative estimate of drug-likeness (QED) is 0.788. The normalized spacial score (nSPS) is 11.5. The second-order valence-electron chi connectivity index (χ2n) is 4.64. The molecule has 0 bridgehead atoms. The van der Waals surface area contributed by atoms with Gasteiger partial charge in [-0.2, -0.15) is 13.2 Å². The maximum Gasteiger partial charge on any atom is 0.416 e. The van der Waals surface area contributed by atoms with E-state index in [-0.39, 0.29) is 17.9 Å². The van der Waals surface area contributed by atoms with Crippen molar-refractivity contribution in [3.05, 3.63) is 57.6 Å². The van der Waals surface area contributed by atoms with E-state index in [0.717, 1.165) is 11.6 Å². The molecule has 2 aromatic rings. The fourth-order valence-corrected chi connectivity index (χ4v) is 2.47. The second-order valence-corrected chi connectivity index (χ2v) is 5.49. The first kappa shape index (κ1) is 15.7. The minimum Gasteiger partial charge on any atom is -0.488 e. The summed E-state index contributed by atoms with van der Waals surface area (Å²) in [6.07, 6.45) is -4.46. The number of halogens is 4. The van der Waals surface area contributed by atoms with Crippen LogP contribution in [0.5, 0.6) is 5.75 Å². The van der Waals surface area contributed by atoms with Gasteiger partial charge in [-0.05, 0) is 52.7 Å². The molecular formula is C15H13BrF3NO. The molecule has 0 unspecified atom stereocenters. The molecule has 0 amide bonds. The van der Waals surface area contributed by atoms with Crippen LogP contribution in [0.1, 0.15) is 16.7 Å². The maximum absolute atomic E-state index is 13.0. The van der Waals surface area contributed by atoms with Gasteiger partial charge < -0.3 is 10.5 Å². The van der Waals surface area contributed by atoms with E-state index in [2.05, 4.69) is 15.9 Å². The third-order valence-corrected chi connectivity index (χ3v) is 3.53. The smallest absolute Gasteiger partial charge is 0.416 e. The van der Waals surface area contributed by atoms with Crippen molar-refractivity contribution in [2.24, 2.45) is 0 Å². The van der Waals surface area contributed by atoms with Crippen molar-refractivity contribution in [3.63, 3.8) is 0 Å². The predicted octanol–water partition coefficient (Wildman–Crippen LogP) is 4.94. The van der Waals surface area contributed by atoms with E-state index >= 15 is 0 Å². The SMILES string of the molecule is Cc1ccc(OCc2ccc(N)cc2C(F)(F)F)c(Br)c1. The van der Waals surface area contributed by atoms with E-state index in [4.69, 9.17) is 10.5 Å². The summed E-state index contributed by atoms with van der Waals surface area (Å²) >= 11 is 3.32. The van der Waals surface area contributed by atoms with Crippen molar-refractivity contribution in [3.8, 4) is 5.75 Å². The van der Waals surface area contributed by atoms with Crippen molar-refractivity contribution >= 4 is 21.6 Å². The zero-order valence-electron chi connectivity index (χ0n) is 11.2. The average molecular weight is 360 g/mol. The number of anilines is 1. The molecule has 0 atom stereocenters. The lowest BCUT2D eigenvalue weighted by Gasteiger charge is -2.15. The van der Waals surface area contributed by atoms with Crippen molar-refractivity contribution < 1.29 is 17.9 Å². The van der Waals surface area contributed by atoms with Gasteiger partial charge in [-0.25, -0.2) is 0 Å². The average Bonchev–Trinajstić information content (AvgIpc) is 2.38. The van der Waals surface area contributed by atoms with Gasteiger partial charge in [0, 0.05) is 11.3 Å². The molecule has 2 N–H and O–H groups in total. The molecule has 0 aliphatic carbocycles. The van der Waals surface area contributed by atoms with Crippen molar-refractivity contribution in [1.29, 1.82) is 0 Å². The summed E-state index contributed by atoms with van der Waals surface area (Å²) in [7, 11) is 0. The van der Waals surface area contributed by atoms with Gasteiger partial charge in [0.25, 0.3) is 0 Å². The third kappa shape index (κ3) is 3.91. The number of ether oxygens (including phenoxy) is 1. The Hall–Kier alpha value is -1.69. The Labute approximate surface area is 128 Å². The predicted molar refractivity (Wildman–Crippen MR) is 79.1 cm³/mol. The standard InChI is InChI=1S/C15H13BrF3NO/c1-9-2-5-14(13(16)6-9)21-8-10-3-4-11(20)7-12(10)15(17,18)19/h2-7H,8,20H2,1H3.